The molecule has 0 aromatic heterocycles. The molecule has 12 nitrogen and oxygen atoms in total. The predicted octanol–water partition coefficient (Wildman–Crippen LogP) is 16.8. The molecule has 7 atom stereocenters. The lowest BCUT2D eigenvalue weighted by molar-refractivity contribution is -0.298. The van der Waals surface area contributed by atoms with Crippen molar-refractivity contribution in [2.75, 3.05) is 13.2 Å². The molecule has 0 aromatic rings. The average molecular weight is 1120 g/mol. The molecule has 77 heavy (non-hydrogen) atoms. The number of amides is 1. The molecule has 0 bridgehead atoms. The van der Waals surface area contributed by atoms with Crippen molar-refractivity contribution >= 4 is 16.3 Å². The van der Waals surface area contributed by atoms with Gasteiger partial charge in [-0.2, -0.15) is 8.42 Å². The largest absolute Gasteiger partial charge is 0.397 e. The summed E-state index contributed by atoms with van der Waals surface area (Å²) in [5.41, 5.74) is 0. The first-order valence-electron chi connectivity index (χ1n) is 33.4. The smallest absolute Gasteiger partial charge is 0.394 e. The number of carbonyl (C=O) groups is 1. The minimum atomic E-state index is -5.08. The lowest BCUT2D eigenvalue weighted by Crippen LogP contribution is -2.61. The van der Waals surface area contributed by atoms with Crippen LogP contribution in [0.5, 0.6) is 0 Å². The van der Waals surface area contributed by atoms with Crippen LogP contribution >= 0.6 is 0 Å². The highest BCUT2D eigenvalue weighted by Crippen LogP contribution is 2.27. The van der Waals surface area contributed by atoms with Gasteiger partial charge in [0.25, 0.3) is 0 Å². The predicted molar refractivity (Wildman–Crippen MR) is 320 cm³/mol. The average Bonchev–Trinajstić information content (AvgIpc) is 3.41. The standard InChI is InChI=1S/C64H127NO11S/c1-3-5-7-9-11-13-15-17-18-19-20-21-22-23-24-25-26-27-28-29-30-31-32-33-34-35-36-37-38-39-40-42-44-46-48-50-52-54-60(68)65-57(58(67)53-51-49-47-45-43-41-16-14-12-10-8-6-4-2)56-74-64-62(70)63(76-77(71,72)73)61(69)59(55-66)75-64/h57-59,61-64,66-67,69-70H,3-56H2,1-2H3,(H,65,68)(H,71,72,73). The van der Waals surface area contributed by atoms with E-state index in [0.717, 1.165) is 51.4 Å². The number of ether oxygens (including phenoxy) is 2. The second-order valence-electron chi connectivity index (χ2n) is 23.8. The summed E-state index contributed by atoms with van der Waals surface area (Å²) in [4.78, 5) is 13.2. The maximum Gasteiger partial charge on any atom is 0.397 e. The second kappa shape index (κ2) is 54.4. The SMILES string of the molecule is CCCCCCCCCCCCCCCCCCCCCCCCCCCCCCCCCCCCCCCC(=O)NC(COC1OC(CO)C(O)C(OS(=O)(=O)O)C1O)C(O)CCCCCCCCCCCCCCC. The molecule has 1 aliphatic rings. The zero-order valence-corrected chi connectivity index (χ0v) is 51.1. The van der Waals surface area contributed by atoms with Gasteiger partial charge in [-0.15, -0.1) is 0 Å². The summed E-state index contributed by atoms with van der Waals surface area (Å²) in [6, 6.07) is -0.853. The van der Waals surface area contributed by atoms with Crippen molar-refractivity contribution in [1.82, 2.24) is 5.32 Å². The summed E-state index contributed by atoms with van der Waals surface area (Å²) in [7, 11) is -5.08. The first-order chi connectivity index (χ1) is 37.5. The molecule has 0 saturated carbocycles. The molecule has 1 aliphatic heterocycles. The fourth-order valence-corrected chi connectivity index (χ4v) is 11.8. The Morgan fingerprint density at radius 3 is 1.04 bits per heavy atom. The Morgan fingerprint density at radius 1 is 0.468 bits per heavy atom. The van der Waals surface area contributed by atoms with Crippen LogP contribution in [-0.2, 0) is 28.9 Å². The summed E-state index contributed by atoms with van der Waals surface area (Å²) in [6.45, 7) is 3.50. The van der Waals surface area contributed by atoms with E-state index in [9.17, 15) is 38.2 Å². The van der Waals surface area contributed by atoms with Crippen LogP contribution in [0.4, 0.5) is 0 Å². The molecule has 7 unspecified atom stereocenters. The molecule has 1 saturated heterocycles. The van der Waals surface area contributed by atoms with E-state index in [-0.39, 0.29) is 12.5 Å². The van der Waals surface area contributed by atoms with Gasteiger partial charge in [0.15, 0.2) is 6.29 Å². The highest BCUT2D eigenvalue weighted by molar-refractivity contribution is 7.80. The van der Waals surface area contributed by atoms with Crippen LogP contribution in [0.3, 0.4) is 0 Å². The molecule has 0 aliphatic carbocycles. The van der Waals surface area contributed by atoms with Gasteiger partial charge in [-0.05, 0) is 12.8 Å². The van der Waals surface area contributed by atoms with Gasteiger partial charge >= 0.3 is 10.4 Å². The molecule has 1 fully saturated rings. The van der Waals surface area contributed by atoms with E-state index in [1.165, 1.54) is 270 Å². The van der Waals surface area contributed by atoms with Crippen LogP contribution < -0.4 is 5.32 Å². The topological polar surface area (TPSA) is 192 Å². The van der Waals surface area contributed by atoms with Gasteiger partial charge in [0.2, 0.25) is 5.91 Å². The molecule has 6 N–H and O–H groups in total. The van der Waals surface area contributed by atoms with Gasteiger partial charge in [0.05, 0.1) is 25.4 Å². The van der Waals surface area contributed by atoms with E-state index in [1.54, 1.807) is 0 Å². The zero-order valence-electron chi connectivity index (χ0n) is 50.3. The highest BCUT2D eigenvalue weighted by Gasteiger charge is 2.48. The van der Waals surface area contributed by atoms with Gasteiger partial charge < -0.3 is 35.2 Å². The Kier molecular flexibility index (Phi) is 52.3. The Balaban J connectivity index is 2.11. The number of carbonyl (C=O) groups excluding carboxylic acids is 1. The Labute approximate surface area is 475 Å². The van der Waals surface area contributed by atoms with Crippen molar-refractivity contribution in [3.05, 3.63) is 0 Å². The molecule has 1 rings (SSSR count). The molecule has 0 radical (unpaired) electrons. The maximum absolute atomic E-state index is 13.2. The van der Waals surface area contributed by atoms with Gasteiger partial charge in [-0.3, -0.25) is 9.35 Å². The number of rotatable bonds is 60. The number of hydrogen-bond donors (Lipinski definition) is 6. The van der Waals surface area contributed by atoms with Crippen LogP contribution in [0.1, 0.15) is 348 Å². The van der Waals surface area contributed by atoms with Gasteiger partial charge in [0, 0.05) is 6.42 Å². The van der Waals surface area contributed by atoms with Crippen LogP contribution in [0.2, 0.25) is 0 Å². The first kappa shape index (κ1) is 74.1. The van der Waals surface area contributed by atoms with Gasteiger partial charge in [0.1, 0.15) is 24.4 Å². The molecule has 1 amide bonds. The van der Waals surface area contributed by atoms with Crippen molar-refractivity contribution in [3.63, 3.8) is 0 Å². The van der Waals surface area contributed by atoms with E-state index < -0.39 is 59.9 Å². The monoisotopic (exact) mass is 1120 g/mol. The van der Waals surface area contributed by atoms with E-state index >= 15 is 0 Å². The van der Waals surface area contributed by atoms with Crippen LogP contribution in [0, 0.1) is 0 Å². The summed E-state index contributed by atoms with van der Waals surface area (Å²) in [5, 5.41) is 45.1. The fraction of sp³-hybridized carbons (Fsp3) is 0.984. The van der Waals surface area contributed by atoms with Crippen LogP contribution in [0.25, 0.3) is 0 Å². The third kappa shape index (κ3) is 46.3. The number of hydrogen-bond acceptors (Lipinski definition) is 10. The lowest BCUT2D eigenvalue weighted by Gasteiger charge is -2.41. The molecule has 460 valence electrons. The molecule has 13 heteroatoms. The summed E-state index contributed by atoms with van der Waals surface area (Å²) < 4.78 is 47.9. The van der Waals surface area contributed by atoms with E-state index in [4.69, 9.17) is 9.47 Å². The summed E-state index contributed by atoms with van der Waals surface area (Å²) >= 11 is 0. The summed E-state index contributed by atoms with van der Waals surface area (Å²) in [6.07, 6.45) is 57.4. The summed E-state index contributed by atoms with van der Waals surface area (Å²) in [5.74, 6) is -0.222. The lowest BCUT2D eigenvalue weighted by atomic mass is 9.99. The van der Waals surface area contributed by atoms with Crippen molar-refractivity contribution in [2.45, 2.75) is 391 Å². The third-order valence-electron chi connectivity index (χ3n) is 16.4. The molecule has 0 spiro atoms. The van der Waals surface area contributed by atoms with Gasteiger partial charge in [-0.25, -0.2) is 4.18 Å². The van der Waals surface area contributed by atoms with E-state index in [0.29, 0.717) is 12.8 Å². The number of aliphatic hydroxyl groups excluding tert-OH is 4. The second-order valence-corrected chi connectivity index (χ2v) is 24.8. The minimum absolute atomic E-state index is 0.222. The molecule has 1 heterocycles. The van der Waals surface area contributed by atoms with Crippen molar-refractivity contribution in [3.8, 4) is 0 Å². The minimum Gasteiger partial charge on any atom is -0.394 e. The quantitative estimate of drug-likeness (QED) is 0.0251. The molecule has 0 aromatic carbocycles. The zero-order chi connectivity index (χ0) is 56.1. The number of nitrogens with one attached hydrogen (secondary N) is 1. The van der Waals surface area contributed by atoms with Crippen molar-refractivity contribution in [2.24, 2.45) is 0 Å². The van der Waals surface area contributed by atoms with Crippen molar-refractivity contribution < 1.29 is 51.8 Å². The van der Waals surface area contributed by atoms with E-state index in [2.05, 4.69) is 23.3 Å². The molecular weight excluding hydrogens is 991 g/mol. The number of unbranched alkanes of at least 4 members (excludes halogenated alkanes) is 48. The fourth-order valence-electron chi connectivity index (χ4n) is 11.3. The van der Waals surface area contributed by atoms with E-state index in [1.807, 2.05) is 0 Å². The Morgan fingerprint density at radius 2 is 0.753 bits per heavy atom. The van der Waals surface area contributed by atoms with Crippen LogP contribution in [-0.4, -0.2) is 95.4 Å². The van der Waals surface area contributed by atoms with Crippen molar-refractivity contribution in [1.29, 1.82) is 0 Å². The molecular formula is C64H127NO11S. The normalized spacial score (nSPS) is 18.8. The number of aliphatic hydroxyl groups is 4. The highest BCUT2D eigenvalue weighted by atomic mass is 32.3. The van der Waals surface area contributed by atoms with Crippen LogP contribution in [0.15, 0.2) is 0 Å². The Bertz CT molecular complexity index is 1360. The third-order valence-corrected chi connectivity index (χ3v) is 16.9. The van der Waals surface area contributed by atoms with Gasteiger partial charge in [-0.1, -0.05) is 328 Å². The Hall–Kier alpha value is -0.900. The first-order valence-corrected chi connectivity index (χ1v) is 34.8. The maximum atomic E-state index is 13.2.